The van der Waals surface area contributed by atoms with Crippen LogP contribution in [0.15, 0.2) is 42.5 Å². The van der Waals surface area contributed by atoms with Crippen LogP contribution in [0.25, 0.3) is 10.8 Å². The average molecular weight is 316 g/mol. The maximum Gasteiger partial charge on any atom is 0.156 e. The molecule has 2 bridgehead atoms. The molecule has 2 saturated heterocycles. The second kappa shape index (κ2) is 4.80. The van der Waals surface area contributed by atoms with Crippen LogP contribution in [0.2, 0.25) is 0 Å². The van der Waals surface area contributed by atoms with Crippen molar-refractivity contribution in [2.24, 2.45) is 0 Å². The number of hydrogen-bond acceptors (Lipinski definition) is 3. The van der Waals surface area contributed by atoms with Crippen LogP contribution in [0.1, 0.15) is 31.2 Å². The van der Waals surface area contributed by atoms with Crippen molar-refractivity contribution < 1.29 is 13.5 Å². The van der Waals surface area contributed by atoms with Crippen LogP contribution in [0.4, 0.5) is 0 Å². The molecule has 0 amide bonds. The Balaban J connectivity index is 1.69. The van der Waals surface area contributed by atoms with Crippen LogP contribution < -0.4 is 0 Å². The fourth-order valence-corrected chi connectivity index (χ4v) is 6.84. The molecule has 0 saturated carbocycles. The largest absolute Gasteiger partial charge is 0.389 e. The summed E-state index contributed by atoms with van der Waals surface area (Å²) in [5, 5.41) is 12.7. The molecule has 22 heavy (non-hydrogen) atoms. The number of fused-ring (bicyclic) bond motifs is 3. The number of sulfone groups is 1. The topological polar surface area (TPSA) is 54.4 Å². The van der Waals surface area contributed by atoms with E-state index in [1.54, 1.807) is 0 Å². The number of aliphatic hydroxyl groups is 1. The van der Waals surface area contributed by atoms with E-state index < -0.39 is 15.4 Å². The Hall–Kier alpha value is -1.39. The number of hydrogen-bond donors (Lipinski definition) is 1. The van der Waals surface area contributed by atoms with E-state index in [0.29, 0.717) is 32.1 Å². The van der Waals surface area contributed by atoms with Crippen LogP contribution in [0, 0.1) is 0 Å². The Bertz CT molecular complexity index is 800. The highest BCUT2D eigenvalue weighted by Gasteiger charge is 2.52. The van der Waals surface area contributed by atoms with Crippen molar-refractivity contribution in [1.29, 1.82) is 0 Å². The summed E-state index contributed by atoms with van der Waals surface area (Å²) in [6.07, 6.45) is 2.73. The van der Waals surface area contributed by atoms with Gasteiger partial charge in [-0.25, -0.2) is 8.42 Å². The van der Waals surface area contributed by atoms with Crippen molar-refractivity contribution in [3.05, 3.63) is 48.0 Å². The minimum atomic E-state index is -2.99. The SMILES string of the molecule is O=S1(=O)C2CCC1CC(O)(Cc1cccc3ccccc13)C2. The van der Waals surface area contributed by atoms with Gasteiger partial charge in [0.1, 0.15) is 0 Å². The van der Waals surface area contributed by atoms with Gasteiger partial charge in [-0.15, -0.1) is 0 Å². The van der Waals surface area contributed by atoms with E-state index in [1.807, 2.05) is 24.3 Å². The molecule has 0 radical (unpaired) electrons. The Morgan fingerprint density at radius 1 is 1.00 bits per heavy atom. The van der Waals surface area contributed by atoms with E-state index in [0.717, 1.165) is 16.3 Å². The minimum absolute atomic E-state index is 0.341. The highest BCUT2D eigenvalue weighted by Crippen LogP contribution is 2.44. The number of rotatable bonds is 2. The number of benzene rings is 2. The lowest BCUT2D eigenvalue weighted by molar-refractivity contribution is 0.0222. The molecule has 2 aromatic carbocycles. The van der Waals surface area contributed by atoms with Gasteiger partial charge in [0.25, 0.3) is 0 Å². The zero-order valence-electron chi connectivity index (χ0n) is 12.4. The monoisotopic (exact) mass is 316 g/mol. The van der Waals surface area contributed by atoms with Crippen LogP contribution in [-0.2, 0) is 16.3 Å². The van der Waals surface area contributed by atoms with E-state index in [2.05, 4.69) is 18.2 Å². The zero-order chi connectivity index (χ0) is 15.4. The van der Waals surface area contributed by atoms with Crippen LogP contribution >= 0.6 is 0 Å². The molecule has 4 heteroatoms. The third kappa shape index (κ3) is 2.17. The fraction of sp³-hybridized carbons (Fsp3) is 0.444. The molecule has 2 atom stereocenters. The molecule has 2 unspecified atom stereocenters. The summed E-state index contributed by atoms with van der Waals surface area (Å²) in [6, 6.07) is 14.3. The van der Waals surface area contributed by atoms with Crippen molar-refractivity contribution in [3.8, 4) is 0 Å². The summed E-state index contributed by atoms with van der Waals surface area (Å²) < 4.78 is 24.4. The molecule has 0 aliphatic carbocycles. The van der Waals surface area contributed by atoms with Gasteiger partial charge in [-0.1, -0.05) is 42.5 Å². The summed E-state index contributed by atoms with van der Waals surface area (Å²) in [4.78, 5) is 0. The minimum Gasteiger partial charge on any atom is -0.389 e. The summed E-state index contributed by atoms with van der Waals surface area (Å²) in [6.45, 7) is 0. The highest BCUT2D eigenvalue weighted by molar-refractivity contribution is 7.93. The first-order valence-corrected chi connectivity index (χ1v) is 9.51. The highest BCUT2D eigenvalue weighted by atomic mass is 32.2. The standard InChI is InChI=1S/C18H20O3S/c19-18(11-15-8-9-16(12-18)22(15,20)21)10-14-6-3-5-13-4-1-2-7-17(13)14/h1-7,15-16,19H,8-12H2. The summed E-state index contributed by atoms with van der Waals surface area (Å²) in [5.74, 6) is 0. The Morgan fingerprint density at radius 2 is 1.64 bits per heavy atom. The van der Waals surface area contributed by atoms with Gasteiger partial charge in [0.05, 0.1) is 16.1 Å². The first kappa shape index (κ1) is 14.2. The Labute approximate surface area is 130 Å². The molecule has 2 aliphatic rings. The van der Waals surface area contributed by atoms with Gasteiger partial charge in [-0.3, -0.25) is 0 Å². The molecule has 2 fully saturated rings. The normalized spacial score (nSPS) is 33.1. The lowest BCUT2D eigenvalue weighted by atomic mass is 9.85. The maximum atomic E-state index is 12.2. The predicted octanol–water partition coefficient (Wildman–Crippen LogP) is 2.85. The van der Waals surface area contributed by atoms with Gasteiger partial charge in [0.2, 0.25) is 0 Å². The molecule has 116 valence electrons. The van der Waals surface area contributed by atoms with Gasteiger partial charge >= 0.3 is 0 Å². The van der Waals surface area contributed by atoms with Gasteiger partial charge in [0.15, 0.2) is 9.84 Å². The van der Waals surface area contributed by atoms with E-state index in [1.165, 1.54) is 0 Å². The summed E-state index contributed by atoms with van der Waals surface area (Å²) in [5.41, 5.74) is 0.223. The molecule has 2 aromatic rings. The summed E-state index contributed by atoms with van der Waals surface area (Å²) >= 11 is 0. The lowest BCUT2D eigenvalue weighted by Gasteiger charge is -2.36. The third-order valence-electron chi connectivity index (χ3n) is 5.35. The van der Waals surface area contributed by atoms with E-state index >= 15 is 0 Å². The molecule has 0 spiro atoms. The van der Waals surface area contributed by atoms with Crippen molar-refractivity contribution >= 4 is 20.6 Å². The van der Waals surface area contributed by atoms with Gasteiger partial charge in [-0.2, -0.15) is 0 Å². The molecule has 2 aliphatic heterocycles. The van der Waals surface area contributed by atoms with Gasteiger partial charge in [-0.05, 0) is 42.0 Å². The van der Waals surface area contributed by atoms with Gasteiger partial charge in [0, 0.05) is 6.42 Å². The van der Waals surface area contributed by atoms with Crippen molar-refractivity contribution in [2.45, 2.75) is 48.2 Å². The van der Waals surface area contributed by atoms with Crippen molar-refractivity contribution in [3.63, 3.8) is 0 Å². The van der Waals surface area contributed by atoms with Crippen LogP contribution in [0.3, 0.4) is 0 Å². The molecular weight excluding hydrogens is 296 g/mol. The first-order valence-electron chi connectivity index (χ1n) is 7.90. The molecule has 0 aromatic heterocycles. The molecular formula is C18H20O3S. The second-order valence-electron chi connectivity index (χ2n) is 6.86. The third-order valence-corrected chi connectivity index (χ3v) is 8.02. The zero-order valence-corrected chi connectivity index (χ0v) is 13.2. The van der Waals surface area contributed by atoms with Crippen molar-refractivity contribution in [1.82, 2.24) is 0 Å². The Morgan fingerprint density at radius 3 is 2.36 bits per heavy atom. The van der Waals surface area contributed by atoms with Crippen LogP contribution in [0.5, 0.6) is 0 Å². The maximum absolute atomic E-state index is 12.2. The lowest BCUT2D eigenvalue weighted by Crippen LogP contribution is -2.46. The summed E-state index contributed by atoms with van der Waals surface area (Å²) in [7, 11) is -2.99. The predicted molar refractivity (Wildman–Crippen MR) is 87.6 cm³/mol. The van der Waals surface area contributed by atoms with Crippen LogP contribution in [-0.4, -0.2) is 29.6 Å². The second-order valence-corrected chi connectivity index (χ2v) is 9.37. The molecule has 2 heterocycles. The van der Waals surface area contributed by atoms with Crippen molar-refractivity contribution in [2.75, 3.05) is 0 Å². The fourth-order valence-electron chi connectivity index (χ4n) is 4.29. The quantitative estimate of drug-likeness (QED) is 0.927. The molecule has 1 N–H and O–H groups in total. The average Bonchev–Trinajstić information content (AvgIpc) is 2.66. The first-order chi connectivity index (χ1) is 10.5. The van der Waals surface area contributed by atoms with Gasteiger partial charge < -0.3 is 5.11 Å². The Kier molecular flexibility index (Phi) is 3.10. The van der Waals surface area contributed by atoms with E-state index in [9.17, 15) is 13.5 Å². The molecule has 3 nitrogen and oxygen atoms in total. The smallest absolute Gasteiger partial charge is 0.156 e. The van der Waals surface area contributed by atoms with E-state index in [-0.39, 0.29) is 10.5 Å². The van der Waals surface area contributed by atoms with E-state index in [4.69, 9.17) is 0 Å². The molecule has 4 rings (SSSR count).